The van der Waals surface area contributed by atoms with Crippen LogP contribution in [0.15, 0.2) is 0 Å². The van der Waals surface area contributed by atoms with E-state index in [1.165, 1.54) is 12.2 Å². The number of hydrogen-bond acceptors (Lipinski definition) is 3. The van der Waals surface area contributed by atoms with Gasteiger partial charge >= 0.3 is 0 Å². The largest absolute Gasteiger partial charge is 0.459 e. The molecule has 1 unspecified atom stereocenters. The summed E-state index contributed by atoms with van der Waals surface area (Å²) in [4.78, 5) is 18.2. The molecule has 1 saturated heterocycles. The van der Waals surface area contributed by atoms with Gasteiger partial charge in [0.2, 0.25) is 5.91 Å². The van der Waals surface area contributed by atoms with Crippen molar-refractivity contribution in [2.24, 2.45) is 5.92 Å². The molecule has 0 aromatic heterocycles. The minimum atomic E-state index is 0. The van der Waals surface area contributed by atoms with E-state index in [0.717, 1.165) is 19.5 Å². The van der Waals surface area contributed by atoms with Gasteiger partial charge in [0, 0.05) is 39.8 Å². The number of likely N-dealkylation sites (tertiary alicyclic amines) is 1. The zero-order valence-corrected chi connectivity index (χ0v) is 11.0. The number of hydrogen-bond donors (Lipinski definition) is 0. The fraction of sp³-hybridized carbons (Fsp3) is 0.750. The molecule has 4 nitrogen and oxygen atoms in total. The zero-order chi connectivity index (χ0) is 9.14. The summed E-state index contributed by atoms with van der Waals surface area (Å²) in [6.07, 6.45) is 0.885. The summed E-state index contributed by atoms with van der Waals surface area (Å²) in [7, 11) is 6.90. The van der Waals surface area contributed by atoms with Crippen LogP contribution >= 0.6 is 0 Å². The molecule has 5 heteroatoms. The van der Waals surface area contributed by atoms with Crippen LogP contribution in [-0.4, -0.2) is 43.1 Å². The van der Waals surface area contributed by atoms with Crippen LogP contribution in [-0.2, 0) is 42.3 Å². The molecular weight excluding hydrogens is 245 g/mol. The first-order chi connectivity index (χ1) is 5.65. The van der Waals surface area contributed by atoms with Crippen molar-refractivity contribution in [2.45, 2.75) is 6.42 Å². The molecule has 1 aliphatic rings. The molecule has 0 bridgehead atoms. The third-order valence-corrected chi connectivity index (χ3v) is 2.21. The van der Waals surface area contributed by atoms with Gasteiger partial charge in [0.25, 0.3) is 0 Å². The van der Waals surface area contributed by atoms with Gasteiger partial charge in [0.1, 0.15) is 0 Å². The molecule has 1 atom stereocenters. The van der Waals surface area contributed by atoms with Gasteiger partial charge in [-0.3, -0.25) is 16.7 Å². The third-order valence-electron chi connectivity index (χ3n) is 2.21. The maximum absolute atomic E-state index is 11.5. The van der Waals surface area contributed by atoms with E-state index in [9.17, 15) is 4.79 Å². The SMILES string of the molecule is [CH2-]N1CCC(C(=O)N(C)OC)C1.[Y]. The van der Waals surface area contributed by atoms with Crippen molar-refractivity contribution in [1.29, 1.82) is 0 Å². The Hall–Kier alpha value is 0.494. The van der Waals surface area contributed by atoms with Crippen LogP contribution in [0.25, 0.3) is 0 Å². The number of amides is 1. The van der Waals surface area contributed by atoms with Gasteiger partial charge in [-0.15, -0.1) is 0 Å². The van der Waals surface area contributed by atoms with Crippen molar-refractivity contribution < 1.29 is 42.3 Å². The van der Waals surface area contributed by atoms with E-state index in [1.807, 2.05) is 4.90 Å². The minimum Gasteiger partial charge on any atom is -0.459 e. The average molecular weight is 260 g/mol. The third kappa shape index (κ3) is 3.62. The van der Waals surface area contributed by atoms with Gasteiger partial charge in [-0.25, -0.2) is 5.06 Å². The molecule has 0 N–H and O–H groups in total. The summed E-state index contributed by atoms with van der Waals surface area (Å²) in [6.45, 7) is 1.64. The predicted molar refractivity (Wildman–Crippen MR) is 44.8 cm³/mol. The smallest absolute Gasteiger partial charge is 0.250 e. The van der Waals surface area contributed by atoms with Crippen molar-refractivity contribution in [3.05, 3.63) is 7.05 Å². The van der Waals surface area contributed by atoms with Gasteiger partial charge in [-0.2, -0.15) is 0 Å². The number of carbonyl (C=O) groups excluding carboxylic acids is 1. The molecule has 0 aromatic rings. The summed E-state index contributed by atoms with van der Waals surface area (Å²) < 4.78 is 0. The number of hydroxylamine groups is 2. The minimum absolute atomic E-state index is 0. The van der Waals surface area contributed by atoms with Gasteiger partial charge in [-0.1, -0.05) is 0 Å². The van der Waals surface area contributed by atoms with Crippen molar-refractivity contribution in [3.63, 3.8) is 0 Å². The number of carbonyl (C=O) groups is 1. The summed E-state index contributed by atoms with van der Waals surface area (Å²) in [5.41, 5.74) is 0. The van der Waals surface area contributed by atoms with E-state index in [0.29, 0.717) is 0 Å². The van der Waals surface area contributed by atoms with Crippen molar-refractivity contribution in [2.75, 3.05) is 27.2 Å². The van der Waals surface area contributed by atoms with Gasteiger partial charge in [0.15, 0.2) is 0 Å². The normalized spacial score (nSPS) is 22.5. The Bertz CT molecular complexity index is 178. The fourth-order valence-electron chi connectivity index (χ4n) is 1.38. The second-order valence-corrected chi connectivity index (χ2v) is 3.08. The van der Waals surface area contributed by atoms with Crippen LogP contribution in [0.2, 0.25) is 0 Å². The predicted octanol–water partition coefficient (Wildman–Crippen LogP) is 0.117. The maximum atomic E-state index is 11.5. The van der Waals surface area contributed by atoms with Crippen LogP contribution < -0.4 is 0 Å². The van der Waals surface area contributed by atoms with Gasteiger partial charge < -0.3 is 4.90 Å². The Morgan fingerprint density at radius 1 is 1.69 bits per heavy atom. The van der Waals surface area contributed by atoms with Crippen LogP contribution in [0.1, 0.15) is 6.42 Å². The zero-order valence-electron chi connectivity index (χ0n) is 8.19. The Morgan fingerprint density at radius 2 is 2.31 bits per heavy atom. The molecule has 0 spiro atoms. The number of rotatable bonds is 2. The summed E-state index contributed by atoms with van der Waals surface area (Å²) in [5, 5.41) is 1.28. The van der Waals surface area contributed by atoms with Crippen LogP contribution in [0.3, 0.4) is 0 Å². The molecule has 13 heavy (non-hydrogen) atoms. The first-order valence-corrected chi connectivity index (χ1v) is 4.02. The van der Waals surface area contributed by atoms with E-state index < -0.39 is 0 Å². The first-order valence-electron chi connectivity index (χ1n) is 4.02. The standard InChI is InChI=1S/C8H15N2O2.Y/c1-9-5-4-7(6-9)8(11)10(2)12-3;/h7H,1,4-6H2,2-3H3;/q-1;. The second kappa shape index (κ2) is 6.07. The summed E-state index contributed by atoms with van der Waals surface area (Å²) >= 11 is 0. The maximum Gasteiger partial charge on any atom is 0.250 e. The van der Waals surface area contributed by atoms with E-state index >= 15 is 0 Å². The Morgan fingerprint density at radius 3 is 2.69 bits per heavy atom. The monoisotopic (exact) mass is 260 g/mol. The molecule has 1 amide bonds. The second-order valence-electron chi connectivity index (χ2n) is 3.08. The molecular formula is C8H15N2O2Y-. The molecule has 1 heterocycles. The number of nitrogens with zero attached hydrogens (tertiary/aromatic N) is 2. The molecule has 1 radical (unpaired) electrons. The molecule has 0 aromatic carbocycles. The van der Waals surface area contributed by atoms with Gasteiger partial charge in [0.05, 0.1) is 13.0 Å². The average Bonchev–Trinajstić information content (AvgIpc) is 2.49. The Balaban J connectivity index is 0.00000144. The summed E-state index contributed by atoms with van der Waals surface area (Å²) in [5.74, 6) is 0.108. The van der Waals surface area contributed by atoms with E-state index in [2.05, 4.69) is 7.05 Å². The Kier molecular flexibility index (Phi) is 6.30. The van der Waals surface area contributed by atoms with Crippen molar-refractivity contribution >= 4 is 5.91 Å². The first kappa shape index (κ1) is 13.5. The van der Waals surface area contributed by atoms with Crippen molar-refractivity contribution in [1.82, 2.24) is 9.96 Å². The van der Waals surface area contributed by atoms with Crippen molar-refractivity contribution in [3.8, 4) is 0 Å². The topological polar surface area (TPSA) is 32.8 Å². The molecule has 1 rings (SSSR count). The van der Waals surface area contributed by atoms with E-state index in [1.54, 1.807) is 7.05 Å². The molecule has 73 valence electrons. The molecule has 0 aliphatic carbocycles. The van der Waals surface area contributed by atoms with Gasteiger partial charge in [-0.05, 0) is 19.5 Å². The van der Waals surface area contributed by atoms with Crippen LogP contribution in [0.5, 0.6) is 0 Å². The Labute approximate surface area is 104 Å². The summed E-state index contributed by atoms with van der Waals surface area (Å²) in [6, 6.07) is 0. The van der Waals surface area contributed by atoms with Crippen LogP contribution in [0, 0.1) is 13.0 Å². The quantitative estimate of drug-likeness (QED) is 0.522. The fourth-order valence-corrected chi connectivity index (χ4v) is 1.38. The van der Waals surface area contributed by atoms with E-state index in [-0.39, 0.29) is 44.5 Å². The van der Waals surface area contributed by atoms with Crippen LogP contribution in [0.4, 0.5) is 0 Å². The molecule has 1 fully saturated rings. The van der Waals surface area contributed by atoms with E-state index in [4.69, 9.17) is 4.84 Å². The molecule has 1 aliphatic heterocycles. The molecule has 0 saturated carbocycles.